The van der Waals surface area contributed by atoms with Crippen LogP contribution in [0.5, 0.6) is 0 Å². The Balaban J connectivity index is 1.86. The second-order valence-corrected chi connectivity index (χ2v) is 4.28. The maximum atomic E-state index is 11.8. The molecule has 1 fully saturated rings. The third kappa shape index (κ3) is 3.37. The zero-order valence-corrected chi connectivity index (χ0v) is 10.2. The largest absolute Gasteiger partial charge is 0.445 e. The molecule has 2 atom stereocenters. The van der Waals surface area contributed by atoms with E-state index in [2.05, 4.69) is 10.0 Å². The first-order chi connectivity index (χ1) is 9.20. The molecule has 1 saturated heterocycles. The highest BCUT2D eigenvalue weighted by molar-refractivity contribution is 5.68. The number of aliphatic hydroxyl groups is 1. The minimum atomic E-state index is -0.833. The van der Waals surface area contributed by atoms with Crippen LogP contribution in [0.25, 0.3) is 10.4 Å². The van der Waals surface area contributed by atoms with Crippen molar-refractivity contribution < 1.29 is 14.6 Å². The van der Waals surface area contributed by atoms with E-state index < -0.39 is 18.2 Å². The third-order valence-corrected chi connectivity index (χ3v) is 2.92. The minimum absolute atomic E-state index is 0.122. The van der Waals surface area contributed by atoms with Gasteiger partial charge in [-0.3, -0.25) is 0 Å². The van der Waals surface area contributed by atoms with Crippen LogP contribution in [-0.4, -0.2) is 41.3 Å². The molecule has 19 heavy (non-hydrogen) atoms. The van der Waals surface area contributed by atoms with Crippen LogP contribution in [0.3, 0.4) is 0 Å². The van der Waals surface area contributed by atoms with Crippen LogP contribution in [0.15, 0.2) is 35.4 Å². The van der Waals surface area contributed by atoms with Gasteiger partial charge in [-0.15, -0.1) is 0 Å². The van der Waals surface area contributed by atoms with E-state index in [1.54, 1.807) is 0 Å². The standard InChI is InChI=1S/C12H14N4O3/c13-15-14-10-6-16(7-11(10)17)12(18)19-8-9-4-2-1-3-5-9/h1-5,10-11,17H,6-8H2/t10-,11+/m1/s1. The number of likely N-dealkylation sites (tertiary alicyclic amines) is 1. The number of azide groups is 1. The summed E-state index contributed by atoms with van der Waals surface area (Å²) in [5.74, 6) is 0. The molecule has 0 bridgehead atoms. The minimum Gasteiger partial charge on any atom is -0.445 e. The van der Waals surface area contributed by atoms with E-state index in [0.717, 1.165) is 5.56 Å². The Morgan fingerprint density at radius 3 is 2.89 bits per heavy atom. The number of amides is 1. The quantitative estimate of drug-likeness (QED) is 0.509. The lowest BCUT2D eigenvalue weighted by molar-refractivity contribution is 0.0971. The molecule has 1 aliphatic heterocycles. The number of ether oxygens (including phenoxy) is 1. The van der Waals surface area contributed by atoms with Crippen molar-refractivity contribution in [3.63, 3.8) is 0 Å². The smallest absolute Gasteiger partial charge is 0.410 e. The molecule has 1 amide bonds. The molecule has 1 N–H and O–H groups in total. The van der Waals surface area contributed by atoms with Crippen LogP contribution in [0, 0.1) is 0 Å². The van der Waals surface area contributed by atoms with Gasteiger partial charge in [-0.2, -0.15) is 0 Å². The predicted octanol–water partition coefficient (Wildman–Crippen LogP) is 1.68. The summed E-state index contributed by atoms with van der Waals surface area (Å²) in [4.78, 5) is 15.8. The van der Waals surface area contributed by atoms with Gasteiger partial charge in [-0.05, 0) is 11.1 Å². The van der Waals surface area contributed by atoms with Gasteiger partial charge in [0.2, 0.25) is 0 Å². The number of nitrogens with zero attached hydrogens (tertiary/aromatic N) is 4. The molecule has 0 unspecified atom stereocenters. The number of rotatable bonds is 3. The summed E-state index contributed by atoms with van der Waals surface area (Å²) in [6.45, 7) is 0.481. The molecular weight excluding hydrogens is 248 g/mol. The van der Waals surface area contributed by atoms with Crippen molar-refractivity contribution >= 4 is 6.09 Å². The van der Waals surface area contributed by atoms with Gasteiger partial charge in [0.15, 0.2) is 0 Å². The van der Waals surface area contributed by atoms with Crippen LogP contribution < -0.4 is 0 Å². The summed E-state index contributed by atoms with van der Waals surface area (Å²) in [5.41, 5.74) is 9.22. The molecule has 0 aromatic heterocycles. The van der Waals surface area contributed by atoms with Crippen molar-refractivity contribution in [2.24, 2.45) is 5.11 Å². The van der Waals surface area contributed by atoms with Gasteiger partial charge in [0.25, 0.3) is 0 Å². The summed E-state index contributed by atoms with van der Waals surface area (Å²) in [6.07, 6.45) is -1.35. The average Bonchev–Trinajstić information content (AvgIpc) is 2.79. The van der Waals surface area contributed by atoms with Crippen LogP contribution in [-0.2, 0) is 11.3 Å². The molecule has 1 aliphatic rings. The molecule has 1 heterocycles. The number of hydrogen-bond donors (Lipinski definition) is 1. The van der Waals surface area contributed by atoms with E-state index in [-0.39, 0.29) is 19.7 Å². The van der Waals surface area contributed by atoms with E-state index in [4.69, 9.17) is 10.3 Å². The van der Waals surface area contributed by atoms with Gasteiger partial charge >= 0.3 is 6.09 Å². The second kappa shape index (κ2) is 6.08. The van der Waals surface area contributed by atoms with Gasteiger partial charge in [-0.1, -0.05) is 35.4 Å². The Hall–Kier alpha value is -2.24. The Kier molecular flexibility index (Phi) is 4.22. The fourth-order valence-electron chi connectivity index (χ4n) is 1.91. The lowest BCUT2D eigenvalue weighted by Gasteiger charge is -2.15. The normalized spacial score (nSPS) is 21.8. The van der Waals surface area contributed by atoms with E-state index in [0.29, 0.717) is 0 Å². The first-order valence-corrected chi connectivity index (χ1v) is 5.88. The summed E-state index contributed by atoms with van der Waals surface area (Å²) in [5, 5.41) is 13.0. The summed E-state index contributed by atoms with van der Waals surface area (Å²) < 4.78 is 5.13. The summed E-state index contributed by atoms with van der Waals surface area (Å²) in [7, 11) is 0. The fourth-order valence-corrected chi connectivity index (χ4v) is 1.91. The zero-order chi connectivity index (χ0) is 13.7. The van der Waals surface area contributed by atoms with E-state index in [1.165, 1.54) is 4.90 Å². The zero-order valence-electron chi connectivity index (χ0n) is 10.2. The average molecular weight is 262 g/mol. The Morgan fingerprint density at radius 2 is 2.21 bits per heavy atom. The lowest BCUT2D eigenvalue weighted by atomic mass is 10.2. The van der Waals surface area contributed by atoms with Crippen molar-refractivity contribution in [1.82, 2.24) is 4.90 Å². The molecule has 0 spiro atoms. The topological polar surface area (TPSA) is 98.5 Å². The number of carbonyl (C=O) groups is 1. The highest BCUT2D eigenvalue weighted by Crippen LogP contribution is 2.15. The van der Waals surface area contributed by atoms with Crippen LogP contribution in [0.1, 0.15) is 5.56 Å². The van der Waals surface area contributed by atoms with Crippen molar-refractivity contribution in [3.8, 4) is 0 Å². The summed E-state index contributed by atoms with van der Waals surface area (Å²) >= 11 is 0. The molecule has 7 nitrogen and oxygen atoms in total. The van der Waals surface area contributed by atoms with Crippen molar-refractivity contribution in [3.05, 3.63) is 46.3 Å². The number of benzene rings is 1. The summed E-state index contributed by atoms with van der Waals surface area (Å²) in [6, 6.07) is 8.71. The maximum Gasteiger partial charge on any atom is 0.410 e. The van der Waals surface area contributed by atoms with Crippen LogP contribution in [0.4, 0.5) is 4.79 Å². The molecule has 1 aromatic rings. The molecule has 2 rings (SSSR count). The van der Waals surface area contributed by atoms with Gasteiger partial charge < -0.3 is 14.7 Å². The van der Waals surface area contributed by atoms with Gasteiger partial charge in [0, 0.05) is 11.5 Å². The van der Waals surface area contributed by atoms with Crippen LogP contribution >= 0.6 is 0 Å². The monoisotopic (exact) mass is 262 g/mol. The van der Waals surface area contributed by atoms with E-state index >= 15 is 0 Å². The highest BCUT2D eigenvalue weighted by atomic mass is 16.6. The molecule has 100 valence electrons. The molecule has 7 heteroatoms. The number of hydrogen-bond acceptors (Lipinski definition) is 4. The fraction of sp³-hybridized carbons (Fsp3) is 0.417. The van der Waals surface area contributed by atoms with Crippen molar-refractivity contribution in [1.29, 1.82) is 0 Å². The first-order valence-electron chi connectivity index (χ1n) is 5.88. The van der Waals surface area contributed by atoms with Crippen LogP contribution in [0.2, 0.25) is 0 Å². The molecule has 1 aromatic carbocycles. The SMILES string of the molecule is [N-]=[N+]=N[C@@H]1CN(C(=O)OCc2ccccc2)C[C@@H]1O. The Morgan fingerprint density at radius 1 is 1.47 bits per heavy atom. The number of β-amino-alcohol motifs (C(OH)–C–C–N with tert-alkyl or cyclic N) is 1. The number of aliphatic hydroxyl groups excluding tert-OH is 1. The molecular formula is C12H14N4O3. The van der Waals surface area contributed by atoms with Gasteiger partial charge in [0.05, 0.1) is 18.7 Å². The highest BCUT2D eigenvalue weighted by Gasteiger charge is 2.34. The first kappa shape index (κ1) is 13.2. The van der Waals surface area contributed by atoms with Gasteiger partial charge in [-0.25, -0.2) is 4.79 Å². The Bertz CT molecular complexity index is 487. The van der Waals surface area contributed by atoms with E-state index in [1.807, 2.05) is 30.3 Å². The number of carbonyl (C=O) groups excluding carboxylic acids is 1. The third-order valence-electron chi connectivity index (χ3n) is 2.92. The lowest BCUT2D eigenvalue weighted by Crippen LogP contribution is -2.30. The van der Waals surface area contributed by atoms with E-state index in [9.17, 15) is 9.90 Å². The van der Waals surface area contributed by atoms with Gasteiger partial charge in [0.1, 0.15) is 6.61 Å². The van der Waals surface area contributed by atoms with Crippen molar-refractivity contribution in [2.75, 3.05) is 13.1 Å². The predicted molar refractivity (Wildman–Crippen MR) is 67.1 cm³/mol. The van der Waals surface area contributed by atoms with Crippen molar-refractivity contribution in [2.45, 2.75) is 18.8 Å². The molecule has 0 aliphatic carbocycles. The molecule has 0 radical (unpaired) electrons. The molecule has 0 saturated carbocycles. The Labute approximate surface area is 110 Å². The maximum absolute atomic E-state index is 11.8. The second-order valence-electron chi connectivity index (χ2n) is 4.28.